The molecule has 0 aliphatic carbocycles. The maximum absolute atomic E-state index is 5.93. The van der Waals surface area contributed by atoms with Crippen molar-refractivity contribution in [3.8, 4) is 5.75 Å². The van der Waals surface area contributed by atoms with Gasteiger partial charge in [-0.15, -0.1) is 0 Å². The van der Waals surface area contributed by atoms with Crippen molar-refractivity contribution in [1.29, 1.82) is 0 Å². The number of piperidine rings is 1. The summed E-state index contributed by atoms with van der Waals surface area (Å²) >= 11 is 0. The van der Waals surface area contributed by atoms with Gasteiger partial charge in [0.05, 0.1) is 5.69 Å². The Bertz CT molecular complexity index is 392. The van der Waals surface area contributed by atoms with Crippen molar-refractivity contribution in [2.75, 3.05) is 25.4 Å². The van der Waals surface area contributed by atoms with Gasteiger partial charge in [0.15, 0.2) is 0 Å². The fourth-order valence-corrected chi connectivity index (χ4v) is 2.56. The molecule has 1 aliphatic rings. The molecule has 3 heteroatoms. The van der Waals surface area contributed by atoms with Crippen LogP contribution in [0.15, 0.2) is 18.2 Å². The van der Waals surface area contributed by atoms with Crippen molar-refractivity contribution in [3.05, 3.63) is 23.8 Å². The molecular formula is C15H24N2O. The maximum Gasteiger partial charge on any atom is 0.142 e. The number of hydrogen-bond acceptors (Lipinski definition) is 3. The van der Waals surface area contributed by atoms with E-state index >= 15 is 0 Å². The van der Waals surface area contributed by atoms with Crippen LogP contribution in [0.5, 0.6) is 5.75 Å². The van der Waals surface area contributed by atoms with Gasteiger partial charge in [-0.25, -0.2) is 0 Å². The van der Waals surface area contributed by atoms with Crippen LogP contribution >= 0.6 is 0 Å². The van der Waals surface area contributed by atoms with Crippen molar-refractivity contribution >= 4 is 5.69 Å². The van der Waals surface area contributed by atoms with Crippen molar-refractivity contribution in [3.63, 3.8) is 0 Å². The largest absolute Gasteiger partial charge is 0.490 e. The monoisotopic (exact) mass is 248 g/mol. The maximum atomic E-state index is 5.93. The van der Waals surface area contributed by atoms with Crippen molar-refractivity contribution < 1.29 is 4.74 Å². The van der Waals surface area contributed by atoms with Crippen LogP contribution in [0.1, 0.15) is 31.7 Å². The van der Waals surface area contributed by atoms with Gasteiger partial charge in [-0.2, -0.15) is 0 Å². The van der Waals surface area contributed by atoms with Crippen molar-refractivity contribution in [2.45, 2.75) is 39.2 Å². The van der Waals surface area contributed by atoms with Gasteiger partial charge in [0.2, 0.25) is 0 Å². The fraction of sp³-hybridized carbons (Fsp3) is 0.600. The van der Waals surface area contributed by atoms with Crippen LogP contribution in [0.25, 0.3) is 0 Å². The Morgan fingerprint density at radius 3 is 2.94 bits per heavy atom. The van der Waals surface area contributed by atoms with Gasteiger partial charge in [-0.3, -0.25) is 4.90 Å². The highest BCUT2D eigenvalue weighted by Crippen LogP contribution is 2.22. The molecule has 0 aromatic heterocycles. The molecule has 2 N–H and O–H groups in total. The number of anilines is 1. The van der Waals surface area contributed by atoms with E-state index in [0.29, 0.717) is 6.04 Å². The predicted octanol–water partition coefficient (Wildman–Crippen LogP) is 2.83. The number of rotatable bonds is 4. The highest BCUT2D eigenvalue weighted by Gasteiger charge is 2.17. The van der Waals surface area contributed by atoms with Gasteiger partial charge in [0.1, 0.15) is 12.4 Å². The van der Waals surface area contributed by atoms with Crippen LogP contribution in [0, 0.1) is 6.92 Å². The summed E-state index contributed by atoms with van der Waals surface area (Å²) < 4.78 is 5.78. The average Bonchev–Trinajstić information content (AvgIpc) is 2.34. The van der Waals surface area contributed by atoms with Crippen LogP contribution < -0.4 is 10.5 Å². The molecule has 0 spiro atoms. The van der Waals surface area contributed by atoms with E-state index < -0.39 is 0 Å². The zero-order valence-corrected chi connectivity index (χ0v) is 11.5. The van der Waals surface area contributed by atoms with E-state index in [0.717, 1.165) is 24.6 Å². The smallest absolute Gasteiger partial charge is 0.142 e. The third-order valence-electron chi connectivity index (χ3n) is 3.74. The molecule has 1 atom stereocenters. The first-order chi connectivity index (χ1) is 8.66. The molecule has 2 rings (SSSR count). The van der Waals surface area contributed by atoms with Gasteiger partial charge in [0, 0.05) is 12.6 Å². The standard InChI is InChI=1S/C15H24N2O/c1-12-6-7-15(14(16)11-12)18-10-9-17-8-4-3-5-13(17)2/h6-7,11,13H,3-5,8-10,16H2,1-2H3/t13-/m1/s1. The van der Waals surface area contributed by atoms with Crippen LogP contribution in [0.2, 0.25) is 0 Å². The Balaban J connectivity index is 1.81. The summed E-state index contributed by atoms with van der Waals surface area (Å²) in [5.74, 6) is 0.810. The summed E-state index contributed by atoms with van der Waals surface area (Å²) in [7, 11) is 0. The average molecular weight is 248 g/mol. The number of likely N-dealkylation sites (tertiary alicyclic amines) is 1. The Morgan fingerprint density at radius 1 is 1.39 bits per heavy atom. The van der Waals surface area contributed by atoms with Crippen LogP contribution in [0.3, 0.4) is 0 Å². The number of nitrogens with two attached hydrogens (primary N) is 1. The lowest BCUT2D eigenvalue weighted by molar-refractivity contribution is 0.133. The van der Waals surface area contributed by atoms with Gasteiger partial charge >= 0.3 is 0 Å². The number of nitrogens with zero attached hydrogens (tertiary/aromatic N) is 1. The van der Waals surface area contributed by atoms with E-state index in [9.17, 15) is 0 Å². The lowest BCUT2D eigenvalue weighted by Gasteiger charge is -2.33. The zero-order valence-electron chi connectivity index (χ0n) is 11.5. The number of nitrogen functional groups attached to an aromatic ring is 1. The molecule has 1 aromatic rings. The molecule has 0 bridgehead atoms. The van der Waals surface area contributed by atoms with E-state index in [1.807, 2.05) is 25.1 Å². The second-order valence-electron chi connectivity index (χ2n) is 5.27. The highest BCUT2D eigenvalue weighted by molar-refractivity contribution is 5.53. The molecule has 0 unspecified atom stereocenters. The molecule has 100 valence electrons. The summed E-state index contributed by atoms with van der Waals surface area (Å²) in [5.41, 5.74) is 7.84. The molecule has 3 nitrogen and oxygen atoms in total. The highest BCUT2D eigenvalue weighted by atomic mass is 16.5. The molecule has 0 saturated carbocycles. The van der Waals surface area contributed by atoms with E-state index in [4.69, 9.17) is 10.5 Å². The normalized spacial score (nSPS) is 20.9. The molecule has 0 radical (unpaired) electrons. The third-order valence-corrected chi connectivity index (χ3v) is 3.74. The van der Waals surface area contributed by atoms with Crippen molar-refractivity contribution in [2.24, 2.45) is 0 Å². The molecule has 0 amide bonds. The van der Waals surface area contributed by atoms with Crippen LogP contribution in [-0.2, 0) is 0 Å². The topological polar surface area (TPSA) is 38.5 Å². The van der Waals surface area contributed by atoms with Gasteiger partial charge in [0.25, 0.3) is 0 Å². The fourth-order valence-electron chi connectivity index (χ4n) is 2.56. The summed E-state index contributed by atoms with van der Waals surface area (Å²) in [5, 5.41) is 0. The zero-order chi connectivity index (χ0) is 13.0. The molecule has 1 saturated heterocycles. The van der Waals surface area contributed by atoms with E-state index in [1.54, 1.807) is 0 Å². The summed E-state index contributed by atoms with van der Waals surface area (Å²) in [4.78, 5) is 2.51. The second kappa shape index (κ2) is 6.10. The Labute approximate surface area is 110 Å². The number of ether oxygens (including phenoxy) is 1. The Hall–Kier alpha value is -1.22. The minimum atomic E-state index is 0.692. The first-order valence-corrected chi connectivity index (χ1v) is 6.90. The van der Waals surface area contributed by atoms with Crippen molar-refractivity contribution in [1.82, 2.24) is 4.90 Å². The summed E-state index contributed by atoms with van der Waals surface area (Å²) in [6.45, 7) is 7.26. The van der Waals surface area contributed by atoms with Crippen LogP contribution in [0.4, 0.5) is 5.69 Å². The Morgan fingerprint density at radius 2 is 2.22 bits per heavy atom. The lowest BCUT2D eigenvalue weighted by Crippen LogP contribution is -2.39. The van der Waals surface area contributed by atoms with Gasteiger partial charge < -0.3 is 10.5 Å². The minimum Gasteiger partial charge on any atom is -0.490 e. The first kappa shape index (κ1) is 13.2. The molecule has 1 fully saturated rings. The van der Waals surface area contributed by atoms with Gasteiger partial charge in [-0.1, -0.05) is 12.5 Å². The SMILES string of the molecule is Cc1ccc(OCCN2CCCC[C@H]2C)c(N)c1. The van der Waals surface area contributed by atoms with Crippen LogP contribution in [-0.4, -0.2) is 30.6 Å². The molecular weight excluding hydrogens is 224 g/mol. The van der Waals surface area contributed by atoms with E-state index in [1.165, 1.54) is 31.4 Å². The predicted molar refractivity (Wildman–Crippen MR) is 76.0 cm³/mol. The first-order valence-electron chi connectivity index (χ1n) is 6.90. The van der Waals surface area contributed by atoms with Gasteiger partial charge in [-0.05, 0) is 50.9 Å². The molecule has 18 heavy (non-hydrogen) atoms. The van der Waals surface area contributed by atoms with E-state index in [2.05, 4.69) is 11.8 Å². The molecule has 1 aromatic carbocycles. The van der Waals surface area contributed by atoms with E-state index in [-0.39, 0.29) is 0 Å². The Kier molecular flexibility index (Phi) is 4.48. The number of aryl methyl sites for hydroxylation is 1. The summed E-state index contributed by atoms with van der Waals surface area (Å²) in [6.07, 6.45) is 3.99. The molecule has 1 heterocycles. The third kappa shape index (κ3) is 3.39. The minimum absolute atomic E-state index is 0.692. The second-order valence-corrected chi connectivity index (χ2v) is 5.27. The number of hydrogen-bond donors (Lipinski definition) is 1. The lowest BCUT2D eigenvalue weighted by atomic mass is 10.0. The number of benzene rings is 1. The molecule has 1 aliphatic heterocycles. The quantitative estimate of drug-likeness (QED) is 0.833. The summed E-state index contributed by atoms with van der Waals surface area (Å²) in [6, 6.07) is 6.65.